The molecule has 88 valence electrons. The predicted octanol–water partition coefficient (Wildman–Crippen LogP) is 2.53. The summed E-state index contributed by atoms with van der Waals surface area (Å²) in [5, 5.41) is 0. The Hall–Kier alpha value is -1.22. The molecule has 1 aromatic carbocycles. The number of benzene rings is 1. The van der Waals surface area contributed by atoms with Crippen LogP contribution in [0.3, 0.4) is 0 Å². The van der Waals surface area contributed by atoms with Crippen LogP contribution in [0.5, 0.6) is 5.75 Å². The summed E-state index contributed by atoms with van der Waals surface area (Å²) in [6.45, 7) is 3.50. The van der Waals surface area contributed by atoms with E-state index in [0.29, 0.717) is 6.61 Å². The number of rotatable bonds is 3. The van der Waals surface area contributed by atoms with Gasteiger partial charge in [-0.05, 0) is 49.9 Å². The summed E-state index contributed by atoms with van der Waals surface area (Å²) >= 11 is 0. The zero-order chi connectivity index (χ0) is 11.4. The second kappa shape index (κ2) is 5.21. The molecule has 1 atom stereocenters. The number of anilines is 1. The zero-order valence-electron chi connectivity index (χ0n) is 9.74. The molecule has 3 nitrogen and oxygen atoms in total. The van der Waals surface area contributed by atoms with Crippen LogP contribution in [0.15, 0.2) is 18.2 Å². The molecule has 3 heteroatoms. The van der Waals surface area contributed by atoms with Gasteiger partial charge in [0.1, 0.15) is 12.4 Å². The third kappa shape index (κ3) is 2.89. The van der Waals surface area contributed by atoms with E-state index < -0.39 is 0 Å². The minimum absolute atomic E-state index is 0.256. The zero-order valence-corrected chi connectivity index (χ0v) is 9.74. The van der Waals surface area contributed by atoms with E-state index in [1.165, 1.54) is 12.8 Å². The van der Waals surface area contributed by atoms with Crippen LogP contribution in [-0.4, -0.2) is 19.3 Å². The first-order valence-corrected chi connectivity index (χ1v) is 5.86. The number of hydrogen-bond acceptors (Lipinski definition) is 3. The van der Waals surface area contributed by atoms with Gasteiger partial charge in [-0.1, -0.05) is 0 Å². The van der Waals surface area contributed by atoms with Crippen molar-refractivity contribution in [3.8, 4) is 5.75 Å². The first kappa shape index (κ1) is 11.3. The van der Waals surface area contributed by atoms with Crippen molar-refractivity contribution in [3.63, 3.8) is 0 Å². The van der Waals surface area contributed by atoms with Crippen molar-refractivity contribution < 1.29 is 9.47 Å². The molecule has 0 aromatic heterocycles. The minimum Gasteiger partial charge on any atom is -0.491 e. The van der Waals surface area contributed by atoms with Crippen LogP contribution in [0.25, 0.3) is 0 Å². The lowest BCUT2D eigenvalue weighted by Crippen LogP contribution is -2.25. The van der Waals surface area contributed by atoms with Gasteiger partial charge in [0.25, 0.3) is 0 Å². The van der Waals surface area contributed by atoms with Crippen LogP contribution < -0.4 is 10.5 Å². The highest BCUT2D eigenvalue weighted by atomic mass is 16.5. The summed E-state index contributed by atoms with van der Waals surface area (Å²) in [5.74, 6) is 0.876. The summed E-state index contributed by atoms with van der Waals surface area (Å²) in [6, 6.07) is 5.76. The fraction of sp³-hybridized carbons (Fsp3) is 0.538. The largest absolute Gasteiger partial charge is 0.491 e. The topological polar surface area (TPSA) is 44.5 Å². The first-order valence-electron chi connectivity index (χ1n) is 5.86. The number of nitrogen functional groups attached to an aromatic ring is 1. The van der Waals surface area contributed by atoms with Gasteiger partial charge in [-0.2, -0.15) is 0 Å². The lowest BCUT2D eigenvalue weighted by molar-refractivity contribution is -0.0110. The van der Waals surface area contributed by atoms with E-state index in [1.807, 2.05) is 25.1 Å². The SMILES string of the molecule is Cc1cc(OCC2CCCCO2)ccc1N. The fourth-order valence-electron chi connectivity index (χ4n) is 1.87. The Balaban J connectivity index is 1.86. The Labute approximate surface area is 96.5 Å². The van der Waals surface area contributed by atoms with Gasteiger partial charge in [-0.25, -0.2) is 0 Å². The molecule has 1 aromatic rings. The number of hydrogen-bond donors (Lipinski definition) is 1. The number of aryl methyl sites for hydroxylation is 1. The van der Waals surface area contributed by atoms with Gasteiger partial charge in [-0.15, -0.1) is 0 Å². The maximum atomic E-state index is 5.75. The van der Waals surface area contributed by atoms with E-state index in [9.17, 15) is 0 Å². The summed E-state index contributed by atoms with van der Waals surface area (Å²) in [5.41, 5.74) is 7.61. The van der Waals surface area contributed by atoms with Crippen LogP contribution in [-0.2, 0) is 4.74 Å². The molecule has 0 aliphatic carbocycles. The third-order valence-corrected chi connectivity index (χ3v) is 2.95. The lowest BCUT2D eigenvalue weighted by Gasteiger charge is -2.22. The molecule has 1 fully saturated rings. The number of ether oxygens (including phenoxy) is 2. The van der Waals surface area contributed by atoms with Crippen molar-refractivity contribution in [2.45, 2.75) is 32.3 Å². The van der Waals surface area contributed by atoms with Crippen molar-refractivity contribution in [1.29, 1.82) is 0 Å². The third-order valence-electron chi connectivity index (χ3n) is 2.95. The van der Waals surface area contributed by atoms with Crippen molar-refractivity contribution >= 4 is 5.69 Å². The van der Waals surface area contributed by atoms with E-state index >= 15 is 0 Å². The predicted molar refractivity (Wildman–Crippen MR) is 64.7 cm³/mol. The molecule has 1 unspecified atom stereocenters. The molecule has 0 saturated carbocycles. The van der Waals surface area contributed by atoms with E-state index in [0.717, 1.165) is 30.0 Å². The number of nitrogens with two attached hydrogens (primary N) is 1. The summed E-state index contributed by atoms with van der Waals surface area (Å²) in [7, 11) is 0. The molecule has 16 heavy (non-hydrogen) atoms. The molecule has 2 rings (SSSR count). The van der Waals surface area contributed by atoms with Gasteiger partial charge >= 0.3 is 0 Å². The van der Waals surface area contributed by atoms with E-state index in [1.54, 1.807) is 0 Å². The lowest BCUT2D eigenvalue weighted by atomic mass is 10.1. The molecule has 0 bridgehead atoms. The minimum atomic E-state index is 0.256. The summed E-state index contributed by atoms with van der Waals surface area (Å²) in [4.78, 5) is 0. The highest BCUT2D eigenvalue weighted by Gasteiger charge is 2.14. The molecular weight excluding hydrogens is 202 g/mol. The molecule has 0 spiro atoms. The fourth-order valence-corrected chi connectivity index (χ4v) is 1.87. The monoisotopic (exact) mass is 221 g/mol. The highest BCUT2D eigenvalue weighted by Crippen LogP contribution is 2.20. The Kier molecular flexibility index (Phi) is 3.67. The van der Waals surface area contributed by atoms with Crippen LogP contribution in [0.1, 0.15) is 24.8 Å². The summed E-state index contributed by atoms with van der Waals surface area (Å²) in [6.07, 6.45) is 3.78. The molecular formula is C13H19NO2. The maximum Gasteiger partial charge on any atom is 0.119 e. The second-order valence-electron chi connectivity index (χ2n) is 4.32. The van der Waals surface area contributed by atoms with Gasteiger partial charge in [-0.3, -0.25) is 0 Å². The van der Waals surface area contributed by atoms with Crippen molar-refractivity contribution in [1.82, 2.24) is 0 Å². The molecule has 1 saturated heterocycles. The highest BCUT2D eigenvalue weighted by molar-refractivity contribution is 5.49. The van der Waals surface area contributed by atoms with Crippen molar-refractivity contribution in [2.75, 3.05) is 18.9 Å². The van der Waals surface area contributed by atoms with E-state index in [4.69, 9.17) is 15.2 Å². The molecule has 1 aliphatic heterocycles. The van der Waals surface area contributed by atoms with Crippen LogP contribution in [0.4, 0.5) is 5.69 Å². The molecule has 2 N–H and O–H groups in total. The van der Waals surface area contributed by atoms with Crippen LogP contribution in [0.2, 0.25) is 0 Å². The van der Waals surface area contributed by atoms with Gasteiger partial charge in [0, 0.05) is 12.3 Å². The van der Waals surface area contributed by atoms with E-state index in [-0.39, 0.29) is 6.10 Å². The standard InChI is InChI=1S/C13H19NO2/c1-10-8-11(5-6-13(10)14)16-9-12-4-2-3-7-15-12/h5-6,8,12H,2-4,7,9,14H2,1H3. The molecule has 0 radical (unpaired) electrons. The maximum absolute atomic E-state index is 5.75. The van der Waals surface area contributed by atoms with Gasteiger partial charge in [0.15, 0.2) is 0 Å². The van der Waals surface area contributed by atoms with Crippen molar-refractivity contribution in [2.24, 2.45) is 0 Å². The van der Waals surface area contributed by atoms with Crippen LogP contribution >= 0.6 is 0 Å². The summed E-state index contributed by atoms with van der Waals surface area (Å²) < 4.78 is 11.3. The molecule has 1 aliphatic rings. The second-order valence-corrected chi connectivity index (χ2v) is 4.32. The molecule has 1 heterocycles. The Morgan fingerprint density at radius 3 is 3.00 bits per heavy atom. The van der Waals surface area contributed by atoms with Gasteiger partial charge in [0.05, 0.1) is 6.10 Å². The Morgan fingerprint density at radius 1 is 1.44 bits per heavy atom. The van der Waals surface area contributed by atoms with Gasteiger partial charge in [0.2, 0.25) is 0 Å². The average molecular weight is 221 g/mol. The normalized spacial score (nSPS) is 20.7. The first-order chi connectivity index (χ1) is 7.75. The van der Waals surface area contributed by atoms with Gasteiger partial charge < -0.3 is 15.2 Å². The van der Waals surface area contributed by atoms with E-state index in [2.05, 4.69) is 0 Å². The quantitative estimate of drug-likeness (QED) is 0.798. The molecule has 0 amide bonds. The Morgan fingerprint density at radius 2 is 2.31 bits per heavy atom. The average Bonchev–Trinajstić information content (AvgIpc) is 2.32. The van der Waals surface area contributed by atoms with Crippen LogP contribution in [0, 0.1) is 6.92 Å². The Bertz CT molecular complexity index is 346. The van der Waals surface area contributed by atoms with Crippen molar-refractivity contribution in [3.05, 3.63) is 23.8 Å². The smallest absolute Gasteiger partial charge is 0.119 e.